The van der Waals surface area contributed by atoms with Gasteiger partial charge < -0.3 is 9.15 Å². The predicted octanol–water partition coefficient (Wildman–Crippen LogP) is 2.58. The Morgan fingerprint density at radius 2 is 2.44 bits per heavy atom. The number of hydrogen-bond acceptors (Lipinski definition) is 6. The Morgan fingerprint density at radius 1 is 1.62 bits per heavy atom. The highest BCUT2D eigenvalue weighted by Crippen LogP contribution is 2.25. The van der Waals surface area contributed by atoms with Crippen molar-refractivity contribution in [2.75, 3.05) is 6.61 Å². The number of thiophene rings is 1. The standard InChI is InChI=1S/C9H7IN2O3S/c1-2-14-9(13)8-12-11-7(15-8)5-3-6(10)16-4-5/h3-4H,2H2,1H3. The Morgan fingerprint density at radius 3 is 3.06 bits per heavy atom. The molecule has 0 saturated carbocycles. The second-order valence-corrected chi connectivity index (χ2v) is 5.58. The van der Waals surface area contributed by atoms with Gasteiger partial charge in [-0.1, -0.05) is 0 Å². The van der Waals surface area contributed by atoms with Crippen LogP contribution in [0.15, 0.2) is 15.9 Å². The first-order chi connectivity index (χ1) is 7.70. The summed E-state index contributed by atoms with van der Waals surface area (Å²) in [7, 11) is 0. The molecule has 0 fully saturated rings. The normalized spacial score (nSPS) is 10.4. The molecule has 0 unspecified atom stereocenters. The molecule has 2 aromatic heterocycles. The molecule has 2 heterocycles. The Balaban J connectivity index is 2.22. The molecule has 0 aliphatic carbocycles. The van der Waals surface area contributed by atoms with Crippen molar-refractivity contribution < 1.29 is 13.9 Å². The Bertz CT molecular complexity index is 508. The lowest BCUT2D eigenvalue weighted by molar-refractivity contribution is 0.0481. The Kier molecular flexibility index (Phi) is 3.54. The van der Waals surface area contributed by atoms with Gasteiger partial charge in [0.25, 0.3) is 0 Å². The zero-order chi connectivity index (χ0) is 11.5. The number of ether oxygens (including phenoxy) is 1. The quantitative estimate of drug-likeness (QED) is 0.629. The summed E-state index contributed by atoms with van der Waals surface area (Å²) < 4.78 is 11.1. The molecule has 0 radical (unpaired) electrons. The van der Waals surface area contributed by atoms with Crippen LogP contribution in [0.5, 0.6) is 0 Å². The van der Waals surface area contributed by atoms with Gasteiger partial charge in [0.15, 0.2) is 0 Å². The smallest absolute Gasteiger partial charge is 0.396 e. The van der Waals surface area contributed by atoms with Gasteiger partial charge in [0.05, 0.1) is 15.1 Å². The lowest BCUT2D eigenvalue weighted by Gasteiger charge is -1.93. The highest BCUT2D eigenvalue weighted by atomic mass is 127. The van der Waals surface area contributed by atoms with Crippen LogP contribution in [0, 0.1) is 2.88 Å². The number of esters is 1. The second-order valence-electron chi connectivity index (χ2n) is 2.77. The SMILES string of the molecule is CCOC(=O)c1nnc(-c2csc(I)c2)o1. The lowest BCUT2D eigenvalue weighted by Crippen LogP contribution is -2.04. The van der Waals surface area contributed by atoms with Crippen LogP contribution in [0.2, 0.25) is 0 Å². The van der Waals surface area contributed by atoms with Crippen molar-refractivity contribution in [3.05, 3.63) is 20.2 Å². The molecule has 16 heavy (non-hydrogen) atoms. The van der Waals surface area contributed by atoms with E-state index in [1.165, 1.54) is 0 Å². The monoisotopic (exact) mass is 350 g/mol. The molecule has 0 aliphatic heterocycles. The average Bonchev–Trinajstić information content (AvgIpc) is 2.85. The van der Waals surface area contributed by atoms with E-state index in [4.69, 9.17) is 9.15 Å². The first-order valence-electron chi connectivity index (χ1n) is 4.45. The van der Waals surface area contributed by atoms with Crippen LogP contribution >= 0.6 is 33.9 Å². The summed E-state index contributed by atoms with van der Waals surface area (Å²) >= 11 is 3.77. The summed E-state index contributed by atoms with van der Waals surface area (Å²) in [5, 5.41) is 9.31. The van der Waals surface area contributed by atoms with E-state index < -0.39 is 5.97 Å². The average molecular weight is 350 g/mol. The molecule has 0 atom stereocenters. The highest BCUT2D eigenvalue weighted by molar-refractivity contribution is 14.1. The summed E-state index contributed by atoms with van der Waals surface area (Å²) in [5.74, 6) is -0.369. The van der Waals surface area contributed by atoms with E-state index in [1.54, 1.807) is 18.3 Å². The second kappa shape index (κ2) is 4.91. The number of halogens is 1. The van der Waals surface area contributed by atoms with Gasteiger partial charge in [-0.05, 0) is 35.6 Å². The van der Waals surface area contributed by atoms with Crippen LogP contribution in [-0.4, -0.2) is 22.8 Å². The summed E-state index contributed by atoms with van der Waals surface area (Å²) in [4.78, 5) is 11.3. The third kappa shape index (κ3) is 2.40. The molecule has 84 valence electrons. The molecule has 7 heteroatoms. The Hall–Kier alpha value is -0.960. The van der Waals surface area contributed by atoms with Crippen molar-refractivity contribution in [1.29, 1.82) is 0 Å². The van der Waals surface area contributed by atoms with Crippen LogP contribution in [0.1, 0.15) is 17.6 Å². The number of carbonyl (C=O) groups excluding carboxylic acids is 1. The van der Waals surface area contributed by atoms with E-state index in [2.05, 4.69) is 32.8 Å². The fourth-order valence-corrected chi connectivity index (χ4v) is 2.36. The lowest BCUT2D eigenvalue weighted by atomic mass is 10.3. The minimum absolute atomic E-state index is 0.113. The molecule has 0 spiro atoms. The van der Waals surface area contributed by atoms with Crippen LogP contribution in [0.25, 0.3) is 11.5 Å². The first kappa shape index (κ1) is 11.5. The van der Waals surface area contributed by atoms with Crippen LogP contribution in [0.3, 0.4) is 0 Å². The van der Waals surface area contributed by atoms with Gasteiger partial charge in [0, 0.05) is 5.38 Å². The minimum Gasteiger partial charge on any atom is -0.459 e. The topological polar surface area (TPSA) is 65.2 Å². The molecule has 0 N–H and O–H groups in total. The molecule has 0 aliphatic rings. The molecular formula is C9H7IN2O3S. The van der Waals surface area contributed by atoms with Gasteiger partial charge in [-0.15, -0.1) is 21.5 Å². The van der Waals surface area contributed by atoms with Gasteiger partial charge in [-0.2, -0.15) is 0 Å². The molecule has 0 amide bonds. The van der Waals surface area contributed by atoms with E-state index in [9.17, 15) is 4.79 Å². The summed E-state index contributed by atoms with van der Waals surface area (Å²) in [5.41, 5.74) is 0.817. The van der Waals surface area contributed by atoms with Crippen LogP contribution < -0.4 is 0 Å². The minimum atomic E-state index is -0.592. The summed E-state index contributed by atoms with van der Waals surface area (Å²) in [6, 6.07) is 1.91. The molecule has 0 saturated heterocycles. The molecule has 2 aromatic rings. The number of hydrogen-bond donors (Lipinski definition) is 0. The van der Waals surface area contributed by atoms with Crippen molar-refractivity contribution in [2.45, 2.75) is 6.92 Å². The van der Waals surface area contributed by atoms with Crippen LogP contribution in [-0.2, 0) is 4.74 Å². The number of aromatic nitrogens is 2. The third-order valence-corrected chi connectivity index (χ3v) is 3.48. The van der Waals surface area contributed by atoms with Crippen molar-refractivity contribution in [3.63, 3.8) is 0 Å². The third-order valence-electron chi connectivity index (χ3n) is 1.69. The van der Waals surface area contributed by atoms with Crippen molar-refractivity contribution in [3.8, 4) is 11.5 Å². The van der Waals surface area contributed by atoms with E-state index in [0.717, 1.165) is 8.45 Å². The molecular weight excluding hydrogens is 343 g/mol. The van der Waals surface area contributed by atoms with E-state index in [-0.39, 0.29) is 12.5 Å². The largest absolute Gasteiger partial charge is 0.459 e. The molecule has 2 rings (SSSR count). The molecule has 5 nitrogen and oxygen atoms in total. The van der Waals surface area contributed by atoms with Crippen molar-refractivity contribution >= 4 is 39.9 Å². The number of carbonyl (C=O) groups is 1. The van der Waals surface area contributed by atoms with E-state index in [1.807, 2.05) is 11.4 Å². The summed E-state index contributed by atoms with van der Waals surface area (Å²) in [6.07, 6.45) is 0. The number of nitrogens with zero attached hydrogens (tertiary/aromatic N) is 2. The first-order valence-corrected chi connectivity index (χ1v) is 6.41. The van der Waals surface area contributed by atoms with Crippen molar-refractivity contribution in [2.24, 2.45) is 0 Å². The Labute approximate surface area is 109 Å². The molecule has 0 aromatic carbocycles. The maximum atomic E-state index is 11.3. The summed E-state index contributed by atoms with van der Waals surface area (Å²) in [6.45, 7) is 2.00. The zero-order valence-corrected chi connectivity index (χ0v) is 11.2. The zero-order valence-electron chi connectivity index (χ0n) is 8.27. The fourth-order valence-electron chi connectivity index (χ4n) is 1.04. The van der Waals surface area contributed by atoms with E-state index >= 15 is 0 Å². The number of rotatable bonds is 3. The van der Waals surface area contributed by atoms with Gasteiger partial charge in [0.2, 0.25) is 5.89 Å². The van der Waals surface area contributed by atoms with Crippen LogP contribution in [0.4, 0.5) is 0 Å². The maximum Gasteiger partial charge on any atom is 0.396 e. The van der Waals surface area contributed by atoms with Crippen molar-refractivity contribution in [1.82, 2.24) is 10.2 Å². The van der Waals surface area contributed by atoms with Gasteiger partial charge >= 0.3 is 11.9 Å². The van der Waals surface area contributed by atoms with Gasteiger partial charge in [-0.3, -0.25) is 0 Å². The molecule has 0 bridgehead atoms. The predicted molar refractivity (Wildman–Crippen MR) is 66.3 cm³/mol. The van der Waals surface area contributed by atoms with Gasteiger partial charge in [-0.25, -0.2) is 4.79 Å². The van der Waals surface area contributed by atoms with E-state index in [0.29, 0.717) is 5.89 Å². The van der Waals surface area contributed by atoms with Gasteiger partial charge in [0.1, 0.15) is 0 Å². The highest BCUT2D eigenvalue weighted by Gasteiger charge is 2.17. The maximum absolute atomic E-state index is 11.3. The fraction of sp³-hybridized carbons (Fsp3) is 0.222.